The summed E-state index contributed by atoms with van der Waals surface area (Å²) in [7, 11) is -0.486. The van der Waals surface area contributed by atoms with Gasteiger partial charge in [0.1, 0.15) is 5.15 Å². The fraction of sp³-hybridized carbons (Fsp3) is 0.0455. The molecule has 22 aromatic carbocycles. The molecule has 1 fully saturated rings. The second kappa shape index (κ2) is 33.5. The van der Waals surface area contributed by atoms with Crippen molar-refractivity contribution in [3.63, 3.8) is 0 Å². The van der Waals surface area contributed by atoms with E-state index < -0.39 is 18.3 Å². The number of aromatic nitrogens is 6. The van der Waals surface area contributed by atoms with Crippen LogP contribution in [0.3, 0.4) is 0 Å². The van der Waals surface area contributed by atoms with Crippen LogP contribution in [0.4, 0.5) is 0 Å². The van der Waals surface area contributed by atoms with Gasteiger partial charge < -0.3 is 27.6 Å². The Hall–Kier alpha value is -17.3. The Morgan fingerprint density at radius 3 is 0.775 bits per heavy atom. The molecule has 1 aliphatic heterocycles. The van der Waals surface area contributed by atoms with Gasteiger partial charge in [0.25, 0.3) is 0 Å². The normalized spacial score (nSPS) is 13.1. The highest BCUT2D eigenvalue weighted by molar-refractivity contribution is 6.62. The van der Waals surface area contributed by atoms with E-state index in [-0.39, 0.29) is 0 Å². The highest BCUT2D eigenvalue weighted by Gasteiger charge is 2.52. The van der Waals surface area contributed by atoms with Gasteiger partial charge in [-0.15, -0.1) is 0 Å². The van der Waals surface area contributed by atoms with E-state index in [9.17, 15) is 0 Å². The summed E-state index contributed by atoms with van der Waals surface area (Å²) >= 11 is 5.91. The molecule has 0 radical (unpaired) electrons. The second-order valence-corrected chi connectivity index (χ2v) is 38.8. The van der Waals surface area contributed by atoms with Crippen LogP contribution in [0.2, 0.25) is 5.15 Å². The molecule has 7 heterocycles. The average molecular weight is 1840 g/mol. The Morgan fingerprint density at radius 1 is 0.204 bits per heavy atom. The van der Waals surface area contributed by atoms with Gasteiger partial charge in [-0.05, 0) is 253 Å². The van der Waals surface area contributed by atoms with Crippen molar-refractivity contribution in [3.8, 4) is 78.5 Å². The van der Waals surface area contributed by atoms with Crippen molar-refractivity contribution in [1.82, 2.24) is 28.2 Å². The quantitative estimate of drug-likeness (QED) is 0.0592. The molecule has 0 spiro atoms. The first-order chi connectivity index (χ1) is 69.8. The first-order valence-corrected chi connectivity index (χ1v) is 49.1. The number of rotatable bonds is 10. The van der Waals surface area contributed by atoms with E-state index in [1.54, 1.807) is 0 Å². The van der Waals surface area contributed by atoms with Gasteiger partial charge in [0.15, 0.2) is 0 Å². The van der Waals surface area contributed by atoms with E-state index in [1.165, 1.54) is 180 Å². The van der Waals surface area contributed by atoms with E-state index in [4.69, 9.17) is 25.9 Å². The molecule has 29 rings (SSSR count). The van der Waals surface area contributed by atoms with Crippen LogP contribution in [0.5, 0.6) is 0 Å². The van der Waals surface area contributed by atoms with Crippen LogP contribution in [-0.4, -0.2) is 46.6 Å². The lowest BCUT2D eigenvalue weighted by atomic mass is 9.76. The van der Waals surface area contributed by atoms with Gasteiger partial charge in [0.05, 0.1) is 72.1 Å². The summed E-state index contributed by atoms with van der Waals surface area (Å²) in [5, 5.41) is 27.2. The molecule has 0 unspecified atom stereocenters. The van der Waals surface area contributed by atoms with Crippen LogP contribution >= 0.6 is 11.6 Å². The summed E-state index contributed by atoms with van der Waals surface area (Å²) in [4.78, 5) is 9.76. The first kappa shape index (κ1) is 84.0. The molecule has 0 atom stereocenters. The van der Waals surface area contributed by atoms with Gasteiger partial charge in [0.2, 0.25) is 0 Å². The van der Waals surface area contributed by atoms with Crippen LogP contribution in [0, 0.1) is 0 Å². The van der Waals surface area contributed by atoms with Crippen molar-refractivity contribution in [2.75, 3.05) is 0 Å². The molecule has 6 aromatic heterocycles. The smallest absolute Gasteiger partial charge is 0.399 e. The van der Waals surface area contributed by atoms with E-state index in [0.29, 0.717) is 5.15 Å². The minimum absolute atomic E-state index is 0.454. The van der Waals surface area contributed by atoms with E-state index in [0.717, 1.165) is 77.6 Å². The maximum Gasteiger partial charge on any atom is 0.494 e. The van der Waals surface area contributed by atoms with Crippen molar-refractivity contribution in [1.29, 1.82) is 0 Å². The van der Waals surface area contributed by atoms with E-state index in [2.05, 4.69) is 500 Å². The summed E-state index contributed by atoms with van der Waals surface area (Å²) in [6.45, 7) is 8.47. The van der Waals surface area contributed by atoms with Crippen LogP contribution < -0.4 is 5.46 Å². The third-order valence-corrected chi connectivity index (χ3v) is 30.2. The summed E-state index contributed by atoms with van der Waals surface area (Å²) in [5.41, 5.74) is 27.9. The number of hydrogen-bond acceptors (Lipinski definition) is 4. The summed E-state index contributed by atoms with van der Waals surface area (Å²) in [6, 6.07) is 171. The average Bonchev–Trinajstić information content (AvgIpc) is 0.946. The number of nitrogens with zero attached hydrogens (tertiary/aromatic N) is 6. The zero-order valence-corrected chi connectivity index (χ0v) is 79.2. The van der Waals surface area contributed by atoms with E-state index >= 15 is 0 Å². The lowest BCUT2D eigenvalue weighted by Crippen LogP contribution is -2.41. The molecule has 0 N–H and O–H groups in total. The number of pyridine rings is 2. The molecule has 8 nitrogen and oxygen atoms in total. The molecular weight excluding hydrogens is 1750 g/mol. The maximum atomic E-state index is 6.66. The lowest BCUT2D eigenvalue weighted by Gasteiger charge is -2.32. The van der Waals surface area contributed by atoms with Gasteiger partial charge in [-0.3, -0.25) is 0 Å². The van der Waals surface area contributed by atoms with Gasteiger partial charge in [-0.1, -0.05) is 363 Å². The standard InChI is InChI=1S/C63H39N3.C56H43BN2O2.C13H8ClN/c1-2-14-47-40(13-1)25-26-43-32-38-56(64-63(43)47)44-31-37-54-55(39-44)62(42-29-35-46(36-30-42)66-59-23-11-7-17-50(59)51-18-8-12-24-60(51)66)53-20-4-3-19-52(53)61(54)41-27-33-45(34-28-41)65-57-21-9-5-15-48(57)49-16-6-10-22-58(49)65;1-55(2)56(3,4)61-57(60-55)38-29-34-47-48(35-38)54(37-27-32-40(33-28-37)59-51-23-13-9-17-43(51)44-18-10-14-24-52(44)59)46-20-6-5-19-45(46)53(47)36-25-30-39(31-26-36)58-49-21-11-7-15-41(49)42-16-8-12-22-50(42)58;14-12-8-7-10-6-5-9-3-1-2-4-11(9)13(10)15-12/h1-39H;5-35H,1-4H3;1-8H. The minimum Gasteiger partial charge on any atom is -0.399 e. The number of fused-ring (bicyclic) bond motifs is 22. The number of halogens is 1. The molecule has 28 aromatic rings. The fourth-order valence-electron chi connectivity index (χ4n) is 22.7. The van der Waals surface area contributed by atoms with Crippen LogP contribution in [0.25, 0.3) is 252 Å². The largest absolute Gasteiger partial charge is 0.494 e. The molecule has 10 heteroatoms. The van der Waals surface area contributed by atoms with Gasteiger partial charge in [0, 0.05) is 92.9 Å². The van der Waals surface area contributed by atoms with Crippen LogP contribution in [0.15, 0.2) is 473 Å². The van der Waals surface area contributed by atoms with Crippen LogP contribution in [0.1, 0.15) is 27.7 Å². The Kier molecular flexibility index (Phi) is 19.8. The molecule has 1 saturated heterocycles. The predicted octanol–water partition coefficient (Wildman–Crippen LogP) is 34.8. The molecule has 1 aliphatic rings. The lowest BCUT2D eigenvalue weighted by molar-refractivity contribution is 0.00578. The SMILES string of the molecule is CC1(C)OB(c2ccc3c(-c4ccc(-n5c6ccccc6c6ccccc65)cc4)c4ccccc4c(-c4ccc(-n5c6ccccc6c6ccccc65)cc4)c3c2)OC1(C)C.Clc1ccc2ccc3ccccc3c2n1.c1ccc2c(c1)ccc1ccc(-c3ccc4c(-c5ccc(-n6c7ccccc7c7ccccc76)cc5)c5ccccc5c(-c5ccc(-n6c7ccccc7c7ccccc76)cc5)c4c3)nc12. The van der Waals surface area contributed by atoms with Gasteiger partial charge in [-0.2, -0.15) is 0 Å². The fourth-order valence-corrected chi connectivity index (χ4v) is 22.8. The van der Waals surface area contributed by atoms with Crippen molar-refractivity contribution in [2.24, 2.45) is 0 Å². The third-order valence-electron chi connectivity index (χ3n) is 30.0. The molecule has 670 valence electrons. The highest BCUT2D eigenvalue weighted by Crippen LogP contribution is 2.50. The monoisotopic (exact) mass is 1840 g/mol. The number of benzene rings is 22. The maximum absolute atomic E-state index is 6.66. The minimum atomic E-state index is -0.486. The van der Waals surface area contributed by atoms with Crippen molar-refractivity contribution < 1.29 is 9.31 Å². The molecule has 0 aliphatic carbocycles. The Bertz CT molecular complexity index is 9800. The first-order valence-electron chi connectivity index (χ1n) is 48.8. The summed E-state index contributed by atoms with van der Waals surface area (Å²) in [6.07, 6.45) is 0. The Labute approximate surface area is 825 Å². The summed E-state index contributed by atoms with van der Waals surface area (Å²) < 4.78 is 22.9. The topological polar surface area (TPSA) is 64.0 Å². The Balaban J connectivity index is 0.000000124. The predicted molar refractivity (Wildman–Crippen MR) is 600 cm³/mol. The zero-order valence-electron chi connectivity index (χ0n) is 78.5. The van der Waals surface area contributed by atoms with Crippen molar-refractivity contribution in [2.45, 2.75) is 38.9 Å². The zero-order chi connectivity index (χ0) is 94.6. The molecule has 0 amide bonds. The van der Waals surface area contributed by atoms with Crippen LogP contribution in [-0.2, 0) is 9.31 Å². The summed E-state index contributed by atoms with van der Waals surface area (Å²) in [5.74, 6) is 0. The van der Waals surface area contributed by atoms with Gasteiger partial charge >= 0.3 is 7.12 Å². The molecule has 142 heavy (non-hydrogen) atoms. The Morgan fingerprint density at radius 2 is 0.444 bits per heavy atom. The number of para-hydroxylation sites is 8. The molecular formula is C132H90BClN6O2. The third kappa shape index (κ3) is 13.7. The number of hydrogen-bond donors (Lipinski definition) is 0. The van der Waals surface area contributed by atoms with Crippen molar-refractivity contribution >= 4 is 198 Å². The second-order valence-electron chi connectivity index (χ2n) is 38.5. The molecule has 0 bridgehead atoms. The molecule has 0 saturated carbocycles. The van der Waals surface area contributed by atoms with E-state index in [1.807, 2.05) is 24.3 Å². The highest BCUT2D eigenvalue weighted by atomic mass is 35.5. The van der Waals surface area contributed by atoms with Crippen molar-refractivity contribution in [3.05, 3.63) is 478 Å². The van der Waals surface area contributed by atoms with Gasteiger partial charge in [-0.25, -0.2) is 9.97 Å².